The molecule has 0 fully saturated rings. The van der Waals surface area contributed by atoms with Crippen molar-refractivity contribution in [3.63, 3.8) is 0 Å². The maximum Gasteiger partial charge on any atom is 0.331 e. The number of rotatable bonds is 9. The van der Waals surface area contributed by atoms with Crippen molar-refractivity contribution in [3.05, 3.63) is 28.8 Å². The van der Waals surface area contributed by atoms with Gasteiger partial charge in [0.2, 0.25) is 0 Å². The third kappa shape index (κ3) is 7.87. The monoisotopic (exact) mass is 412 g/mol. The highest BCUT2D eigenvalue weighted by atomic mass is 35.5. The predicted molar refractivity (Wildman–Crippen MR) is 106 cm³/mol. The molecule has 1 atom stereocenters. The van der Waals surface area contributed by atoms with Crippen LogP contribution in [0.2, 0.25) is 5.02 Å². The molecule has 0 aliphatic heterocycles. The number of urea groups is 1. The van der Waals surface area contributed by atoms with Gasteiger partial charge >= 0.3 is 12.0 Å². The van der Waals surface area contributed by atoms with Crippen LogP contribution in [0.4, 0.5) is 4.79 Å². The van der Waals surface area contributed by atoms with Crippen molar-refractivity contribution in [2.75, 3.05) is 20.3 Å². The number of nitrogens with one attached hydrogen (secondary N) is 2. The molecule has 0 heterocycles. The van der Waals surface area contributed by atoms with E-state index < -0.39 is 24.5 Å². The maximum absolute atomic E-state index is 11.8. The molecule has 0 saturated heterocycles. The number of carbonyl (C=O) groups excluding carboxylic acids is 3. The summed E-state index contributed by atoms with van der Waals surface area (Å²) in [6.45, 7) is 5.37. The van der Waals surface area contributed by atoms with Crippen LogP contribution in [-0.2, 0) is 14.3 Å². The van der Waals surface area contributed by atoms with Crippen molar-refractivity contribution >= 4 is 35.6 Å². The molecule has 0 aliphatic rings. The van der Waals surface area contributed by atoms with Crippen LogP contribution in [-0.4, -0.2) is 44.3 Å². The van der Waals surface area contributed by atoms with Crippen LogP contribution in [0.3, 0.4) is 0 Å². The quantitative estimate of drug-likeness (QED) is 0.477. The number of hydrogen-bond acceptors (Lipinski definition) is 6. The lowest BCUT2D eigenvalue weighted by Gasteiger charge is -2.12. The van der Waals surface area contributed by atoms with Crippen LogP contribution in [0, 0.1) is 0 Å². The molecule has 1 rings (SSSR count). The number of carbonyl (C=O) groups is 3. The van der Waals surface area contributed by atoms with Gasteiger partial charge in [0.1, 0.15) is 0 Å². The van der Waals surface area contributed by atoms with Gasteiger partial charge in [0.25, 0.3) is 5.91 Å². The molecule has 0 aliphatic carbocycles. The van der Waals surface area contributed by atoms with E-state index in [0.717, 1.165) is 12.5 Å². The van der Waals surface area contributed by atoms with Gasteiger partial charge in [-0.1, -0.05) is 18.5 Å². The van der Waals surface area contributed by atoms with E-state index in [-0.39, 0.29) is 6.04 Å². The van der Waals surface area contributed by atoms with Gasteiger partial charge in [-0.05, 0) is 44.0 Å². The van der Waals surface area contributed by atoms with E-state index in [2.05, 4.69) is 10.6 Å². The second-order valence-corrected chi connectivity index (χ2v) is 6.15. The summed E-state index contributed by atoms with van der Waals surface area (Å²) in [6, 6.07) is 2.54. The smallest absolute Gasteiger partial charge is 0.331 e. The Morgan fingerprint density at radius 1 is 1.25 bits per heavy atom. The van der Waals surface area contributed by atoms with Crippen molar-refractivity contribution in [2.24, 2.45) is 0 Å². The van der Waals surface area contributed by atoms with E-state index in [1.807, 2.05) is 13.8 Å². The zero-order chi connectivity index (χ0) is 21.1. The zero-order valence-corrected chi connectivity index (χ0v) is 17.1. The Labute approximate surface area is 169 Å². The predicted octanol–water partition coefficient (Wildman–Crippen LogP) is 2.93. The van der Waals surface area contributed by atoms with Gasteiger partial charge < -0.3 is 19.5 Å². The summed E-state index contributed by atoms with van der Waals surface area (Å²) in [5, 5.41) is 4.98. The number of halogens is 1. The molecule has 0 radical (unpaired) electrons. The molecule has 0 bridgehead atoms. The lowest BCUT2D eigenvalue weighted by molar-refractivity contribution is -0.143. The number of esters is 1. The van der Waals surface area contributed by atoms with Gasteiger partial charge in [-0.2, -0.15) is 0 Å². The third-order valence-corrected chi connectivity index (χ3v) is 3.82. The Morgan fingerprint density at radius 3 is 2.57 bits per heavy atom. The Hall–Kier alpha value is -2.74. The van der Waals surface area contributed by atoms with E-state index in [9.17, 15) is 14.4 Å². The number of amides is 3. The summed E-state index contributed by atoms with van der Waals surface area (Å²) < 4.78 is 15.4. The number of methoxy groups -OCH3 is 1. The Morgan fingerprint density at radius 2 is 1.96 bits per heavy atom. The molecule has 1 aromatic carbocycles. The molecule has 0 unspecified atom stereocenters. The SMILES string of the molecule is CCOc1c(Cl)cc(/C=C/C(=O)OCC(=O)NC(=O)N[C@H](C)CC)cc1OC. The molecule has 2 N–H and O–H groups in total. The van der Waals surface area contributed by atoms with Crippen LogP contribution in [0.15, 0.2) is 18.2 Å². The van der Waals surface area contributed by atoms with Gasteiger partial charge in [-0.25, -0.2) is 9.59 Å². The van der Waals surface area contributed by atoms with Crippen molar-refractivity contribution in [1.82, 2.24) is 10.6 Å². The molecule has 3 amide bonds. The molecule has 1 aromatic rings. The highest BCUT2D eigenvalue weighted by Gasteiger charge is 2.12. The molecule has 0 spiro atoms. The van der Waals surface area contributed by atoms with Crippen LogP contribution in [0.1, 0.15) is 32.8 Å². The van der Waals surface area contributed by atoms with Gasteiger partial charge in [0, 0.05) is 12.1 Å². The van der Waals surface area contributed by atoms with Gasteiger partial charge in [0.15, 0.2) is 18.1 Å². The Kier molecular flexibility index (Phi) is 9.87. The summed E-state index contributed by atoms with van der Waals surface area (Å²) in [5.74, 6) is -0.636. The van der Waals surface area contributed by atoms with Crippen LogP contribution in [0.25, 0.3) is 6.08 Å². The normalized spacial score (nSPS) is 11.6. The topological polar surface area (TPSA) is 103 Å². The second kappa shape index (κ2) is 11.9. The molecular weight excluding hydrogens is 388 g/mol. The van der Waals surface area contributed by atoms with Crippen molar-refractivity contribution < 1.29 is 28.6 Å². The van der Waals surface area contributed by atoms with Crippen LogP contribution >= 0.6 is 11.6 Å². The summed E-state index contributed by atoms with van der Waals surface area (Å²) in [6.07, 6.45) is 3.32. The Balaban J connectivity index is 2.59. The molecular formula is C19H25ClN2O6. The first kappa shape index (κ1) is 23.3. The highest BCUT2D eigenvalue weighted by Crippen LogP contribution is 2.36. The highest BCUT2D eigenvalue weighted by molar-refractivity contribution is 6.32. The van der Waals surface area contributed by atoms with E-state index in [1.54, 1.807) is 19.1 Å². The standard InChI is InChI=1S/C19H25ClN2O6/c1-5-12(3)21-19(25)22-16(23)11-28-17(24)8-7-13-9-14(20)18(27-6-2)15(10-13)26-4/h7-10,12H,5-6,11H2,1-4H3,(H2,21,22,23,25)/b8-7+/t12-/m1/s1. The molecule has 9 heteroatoms. The van der Waals surface area contributed by atoms with Crippen molar-refractivity contribution in [3.8, 4) is 11.5 Å². The van der Waals surface area contributed by atoms with Crippen LogP contribution in [0.5, 0.6) is 11.5 Å². The first-order chi connectivity index (χ1) is 13.3. The van der Waals surface area contributed by atoms with E-state index in [0.29, 0.717) is 28.7 Å². The molecule has 154 valence electrons. The number of imide groups is 1. The van der Waals surface area contributed by atoms with E-state index in [4.69, 9.17) is 25.8 Å². The fourth-order valence-corrected chi connectivity index (χ4v) is 2.27. The molecule has 0 saturated carbocycles. The summed E-state index contributed by atoms with van der Waals surface area (Å²) in [7, 11) is 1.48. The van der Waals surface area contributed by atoms with Gasteiger partial charge in [-0.15, -0.1) is 0 Å². The average molecular weight is 413 g/mol. The summed E-state index contributed by atoms with van der Waals surface area (Å²) >= 11 is 6.16. The third-order valence-electron chi connectivity index (χ3n) is 3.54. The largest absolute Gasteiger partial charge is 0.493 e. The molecule has 28 heavy (non-hydrogen) atoms. The number of benzene rings is 1. The van der Waals surface area contributed by atoms with E-state index in [1.165, 1.54) is 13.2 Å². The minimum absolute atomic E-state index is 0.0730. The molecule has 0 aromatic heterocycles. The fourth-order valence-electron chi connectivity index (χ4n) is 1.99. The van der Waals surface area contributed by atoms with Gasteiger partial charge in [-0.3, -0.25) is 10.1 Å². The second-order valence-electron chi connectivity index (χ2n) is 5.74. The minimum Gasteiger partial charge on any atom is -0.493 e. The average Bonchev–Trinajstić information content (AvgIpc) is 2.66. The van der Waals surface area contributed by atoms with Gasteiger partial charge in [0.05, 0.1) is 18.7 Å². The first-order valence-electron chi connectivity index (χ1n) is 8.76. The fraction of sp³-hybridized carbons (Fsp3) is 0.421. The first-order valence-corrected chi connectivity index (χ1v) is 9.13. The number of hydrogen-bond donors (Lipinski definition) is 2. The lowest BCUT2D eigenvalue weighted by atomic mass is 10.2. The van der Waals surface area contributed by atoms with E-state index >= 15 is 0 Å². The Bertz CT molecular complexity index is 735. The summed E-state index contributed by atoms with van der Waals surface area (Å²) in [4.78, 5) is 34.9. The summed E-state index contributed by atoms with van der Waals surface area (Å²) in [5.41, 5.74) is 0.583. The lowest BCUT2D eigenvalue weighted by Crippen LogP contribution is -2.44. The van der Waals surface area contributed by atoms with Crippen molar-refractivity contribution in [1.29, 1.82) is 0 Å². The van der Waals surface area contributed by atoms with Crippen molar-refractivity contribution in [2.45, 2.75) is 33.2 Å². The number of ether oxygens (including phenoxy) is 3. The minimum atomic E-state index is -0.749. The van der Waals surface area contributed by atoms with Crippen LogP contribution < -0.4 is 20.1 Å². The maximum atomic E-state index is 11.8. The zero-order valence-electron chi connectivity index (χ0n) is 16.3. The molecule has 8 nitrogen and oxygen atoms in total.